The maximum atomic E-state index is 10.3. The minimum Gasteiger partial charge on any atom is -0.394 e. The van der Waals surface area contributed by atoms with Crippen molar-refractivity contribution in [1.29, 1.82) is 0 Å². The summed E-state index contributed by atoms with van der Waals surface area (Å²) >= 11 is 0. The summed E-state index contributed by atoms with van der Waals surface area (Å²) in [5.41, 5.74) is 1.86. The first-order valence-corrected chi connectivity index (χ1v) is 7.32. The fraction of sp³-hybridized carbons (Fsp3) is 0.294. The number of benzene rings is 2. The van der Waals surface area contributed by atoms with Gasteiger partial charge in [-0.05, 0) is 12.1 Å². The predicted octanol–water partition coefficient (Wildman–Crippen LogP) is 1.41. The molecule has 0 radical (unpaired) electrons. The summed E-state index contributed by atoms with van der Waals surface area (Å²) in [5.74, 6) is 0. The Kier molecular flexibility index (Phi) is 3.16. The van der Waals surface area contributed by atoms with E-state index in [1.54, 1.807) is 0 Å². The third kappa shape index (κ3) is 1.80. The van der Waals surface area contributed by atoms with Crippen LogP contribution in [0.2, 0.25) is 0 Å². The van der Waals surface area contributed by atoms with E-state index in [0.717, 1.165) is 21.8 Å². The minimum atomic E-state index is -1.10. The van der Waals surface area contributed by atoms with Crippen molar-refractivity contribution in [2.24, 2.45) is 0 Å². The van der Waals surface area contributed by atoms with Crippen molar-refractivity contribution in [1.82, 2.24) is 4.57 Å². The Labute approximate surface area is 127 Å². The number of rotatable bonds is 2. The summed E-state index contributed by atoms with van der Waals surface area (Å²) < 4.78 is 7.61. The molecular formula is C17H17NO4. The highest BCUT2D eigenvalue weighted by molar-refractivity contribution is 6.08. The van der Waals surface area contributed by atoms with Crippen molar-refractivity contribution in [3.05, 3.63) is 48.5 Å². The van der Waals surface area contributed by atoms with Gasteiger partial charge in [-0.2, -0.15) is 0 Å². The molecule has 3 N–H and O–H groups in total. The lowest BCUT2D eigenvalue weighted by Crippen LogP contribution is -2.33. The zero-order chi connectivity index (χ0) is 15.3. The van der Waals surface area contributed by atoms with Crippen molar-refractivity contribution in [3.63, 3.8) is 0 Å². The number of nitrogens with zero attached hydrogens (tertiary/aromatic N) is 1. The average molecular weight is 299 g/mol. The Bertz CT molecular complexity index is 775. The zero-order valence-electron chi connectivity index (χ0n) is 11.8. The van der Waals surface area contributed by atoms with Crippen molar-refractivity contribution >= 4 is 21.8 Å². The van der Waals surface area contributed by atoms with E-state index < -0.39 is 24.5 Å². The minimum absolute atomic E-state index is 0.328. The fourth-order valence-electron chi connectivity index (χ4n) is 3.32. The summed E-state index contributed by atoms with van der Waals surface area (Å²) in [6.07, 6.45) is -3.69. The normalized spacial score (nSPS) is 28.7. The van der Waals surface area contributed by atoms with Gasteiger partial charge in [0.15, 0.2) is 6.23 Å². The van der Waals surface area contributed by atoms with Crippen LogP contribution in [-0.2, 0) is 4.74 Å². The molecule has 5 heteroatoms. The Morgan fingerprint density at radius 1 is 0.864 bits per heavy atom. The second kappa shape index (κ2) is 5.07. The molecule has 4 rings (SSSR count). The van der Waals surface area contributed by atoms with Crippen molar-refractivity contribution in [3.8, 4) is 0 Å². The highest BCUT2D eigenvalue weighted by atomic mass is 16.6. The maximum absolute atomic E-state index is 10.3. The van der Waals surface area contributed by atoms with Gasteiger partial charge in [0.25, 0.3) is 0 Å². The predicted molar refractivity (Wildman–Crippen MR) is 82.5 cm³/mol. The Balaban J connectivity index is 1.97. The lowest BCUT2D eigenvalue weighted by atomic mass is 10.1. The van der Waals surface area contributed by atoms with Gasteiger partial charge in [0, 0.05) is 10.8 Å². The molecule has 4 unspecified atom stereocenters. The molecule has 1 fully saturated rings. The number of para-hydroxylation sites is 2. The molecule has 1 aliphatic heterocycles. The van der Waals surface area contributed by atoms with Crippen LogP contribution in [0.4, 0.5) is 0 Å². The lowest BCUT2D eigenvalue weighted by Gasteiger charge is -2.19. The van der Waals surface area contributed by atoms with Crippen molar-refractivity contribution in [2.45, 2.75) is 24.5 Å². The molecule has 0 spiro atoms. The van der Waals surface area contributed by atoms with E-state index in [9.17, 15) is 15.3 Å². The van der Waals surface area contributed by atoms with E-state index in [1.165, 1.54) is 0 Å². The molecule has 4 atom stereocenters. The molecule has 114 valence electrons. The van der Waals surface area contributed by atoms with Crippen LogP contribution >= 0.6 is 0 Å². The first-order valence-electron chi connectivity index (χ1n) is 7.32. The van der Waals surface area contributed by atoms with Gasteiger partial charge in [0.1, 0.15) is 18.3 Å². The van der Waals surface area contributed by atoms with Crippen LogP contribution in [0.1, 0.15) is 6.23 Å². The highest BCUT2D eigenvalue weighted by Crippen LogP contribution is 2.37. The summed E-state index contributed by atoms with van der Waals surface area (Å²) in [6.45, 7) is -0.328. The van der Waals surface area contributed by atoms with Gasteiger partial charge in [-0.15, -0.1) is 0 Å². The van der Waals surface area contributed by atoms with Gasteiger partial charge in [0.2, 0.25) is 0 Å². The van der Waals surface area contributed by atoms with Crippen LogP contribution in [0.5, 0.6) is 0 Å². The summed E-state index contributed by atoms with van der Waals surface area (Å²) in [6, 6.07) is 15.8. The molecule has 0 aliphatic carbocycles. The third-order valence-electron chi connectivity index (χ3n) is 4.39. The number of hydrogen-bond donors (Lipinski definition) is 3. The molecule has 0 bridgehead atoms. The SMILES string of the molecule is OCC1OC(n2c3ccccc3c3ccccc32)C(O)C1O. The molecule has 0 saturated carbocycles. The van der Waals surface area contributed by atoms with Gasteiger partial charge >= 0.3 is 0 Å². The summed E-state index contributed by atoms with van der Waals surface area (Å²) in [7, 11) is 0. The van der Waals surface area contributed by atoms with Gasteiger partial charge < -0.3 is 24.6 Å². The van der Waals surface area contributed by atoms with Crippen molar-refractivity contribution < 1.29 is 20.1 Å². The van der Waals surface area contributed by atoms with Crippen LogP contribution in [0.3, 0.4) is 0 Å². The molecule has 1 saturated heterocycles. The zero-order valence-corrected chi connectivity index (χ0v) is 11.8. The van der Waals surface area contributed by atoms with E-state index in [1.807, 2.05) is 53.1 Å². The van der Waals surface area contributed by atoms with E-state index >= 15 is 0 Å². The van der Waals surface area contributed by atoms with Gasteiger partial charge in [-0.3, -0.25) is 0 Å². The molecule has 5 nitrogen and oxygen atoms in total. The molecular weight excluding hydrogens is 282 g/mol. The monoisotopic (exact) mass is 299 g/mol. The van der Waals surface area contributed by atoms with Crippen LogP contribution in [0.15, 0.2) is 48.5 Å². The highest BCUT2D eigenvalue weighted by Gasteiger charge is 2.44. The second-order valence-electron chi connectivity index (χ2n) is 5.63. The first-order chi connectivity index (χ1) is 10.7. The molecule has 22 heavy (non-hydrogen) atoms. The van der Waals surface area contributed by atoms with E-state index in [2.05, 4.69) is 0 Å². The third-order valence-corrected chi connectivity index (χ3v) is 4.39. The Hall–Kier alpha value is -1.92. The Morgan fingerprint density at radius 3 is 1.91 bits per heavy atom. The van der Waals surface area contributed by atoms with Gasteiger partial charge in [-0.25, -0.2) is 0 Å². The maximum Gasteiger partial charge on any atom is 0.163 e. The van der Waals surface area contributed by atoms with Crippen molar-refractivity contribution in [2.75, 3.05) is 6.61 Å². The topological polar surface area (TPSA) is 74.9 Å². The van der Waals surface area contributed by atoms with Gasteiger partial charge in [0.05, 0.1) is 17.6 Å². The van der Waals surface area contributed by atoms with Crippen LogP contribution < -0.4 is 0 Å². The molecule has 0 amide bonds. The average Bonchev–Trinajstić information content (AvgIpc) is 3.03. The molecule has 2 heterocycles. The number of aliphatic hydroxyl groups is 3. The second-order valence-corrected chi connectivity index (χ2v) is 5.63. The molecule has 1 aromatic heterocycles. The first kappa shape index (κ1) is 13.7. The quantitative estimate of drug-likeness (QED) is 0.669. The summed E-state index contributed by atoms with van der Waals surface area (Å²) in [4.78, 5) is 0. The number of fused-ring (bicyclic) bond motifs is 3. The summed E-state index contributed by atoms with van der Waals surface area (Å²) in [5, 5.41) is 31.8. The number of ether oxygens (including phenoxy) is 1. The molecule has 3 aromatic rings. The van der Waals surface area contributed by atoms with Crippen LogP contribution in [-0.4, -0.2) is 44.8 Å². The van der Waals surface area contributed by atoms with Crippen LogP contribution in [0, 0.1) is 0 Å². The number of aromatic nitrogens is 1. The number of aliphatic hydroxyl groups excluding tert-OH is 3. The molecule has 1 aliphatic rings. The van der Waals surface area contributed by atoms with Gasteiger partial charge in [-0.1, -0.05) is 36.4 Å². The van der Waals surface area contributed by atoms with Crippen LogP contribution in [0.25, 0.3) is 21.8 Å². The standard InChI is InChI=1S/C17H17NO4/c19-9-14-15(20)16(21)17(22-14)18-12-7-3-1-5-10(12)11-6-2-4-8-13(11)18/h1-8,14-17,19-21H,9H2. The molecule has 2 aromatic carbocycles. The largest absolute Gasteiger partial charge is 0.394 e. The lowest BCUT2D eigenvalue weighted by molar-refractivity contribution is -0.0487. The van der Waals surface area contributed by atoms with E-state index in [4.69, 9.17) is 4.74 Å². The van der Waals surface area contributed by atoms with E-state index in [0.29, 0.717) is 0 Å². The smallest absolute Gasteiger partial charge is 0.163 e. The number of hydrogen-bond acceptors (Lipinski definition) is 4. The Morgan fingerprint density at radius 2 is 1.41 bits per heavy atom. The van der Waals surface area contributed by atoms with E-state index in [-0.39, 0.29) is 6.61 Å². The fourth-order valence-corrected chi connectivity index (χ4v) is 3.32.